The molecule has 0 N–H and O–H groups in total. The Morgan fingerprint density at radius 1 is 1.43 bits per heavy atom. The molecule has 0 atom stereocenters. The van der Waals surface area contributed by atoms with E-state index in [2.05, 4.69) is 18.8 Å². The van der Waals surface area contributed by atoms with Crippen LogP contribution in [0.3, 0.4) is 0 Å². The SMILES string of the molecule is COCCN=CC(C)(C)C[CH]=[Ru]([Cl])[Cl]. The molecule has 0 unspecified atom stereocenters. The first-order valence-corrected chi connectivity index (χ1v) is 9.77. The molecular weight excluding hydrogens is 310 g/mol. The molecule has 86 valence electrons. The van der Waals surface area contributed by atoms with Crippen molar-refractivity contribution >= 4 is 30.2 Å². The van der Waals surface area contributed by atoms with Gasteiger partial charge in [0.25, 0.3) is 0 Å². The van der Waals surface area contributed by atoms with Crippen LogP contribution in [0.1, 0.15) is 20.3 Å². The Hall–Kier alpha value is 0.703. The van der Waals surface area contributed by atoms with Gasteiger partial charge >= 0.3 is 99.4 Å². The van der Waals surface area contributed by atoms with Gasteiger partial charge in [-0.1, -0.05) is 0 Å². The number of hydrogen-bond acceptors (Lipinski definition) is 2. The standard InChI is InChI=1S/C9H17NO.2ClH.Ru/c1-5-9(2,3)8-10-6-7-11-4;;;/h1,8H,5-7H2,2-4H3;2*1H;/q;;;+2/p-2. The van der Waals surface area contributed by atoms with Crippen molar-refractivity contribution in [1.82, 2.24) is 0 Å². The fourth-order valence-electron chi connectivity index (χ4n) is 0.749. The summed E-state index contributed by atoms with van der Waals surface area (Å²) in [6, 6.07) is 0. The molecule has 0 aliphatic heterocycles. The molecule has 0 bridgehead atoms. The summed E-state index contributed by atoms with van der Waals surface area (Å²) in [5, 5.41) is 0. The van der Waals surface area contributed by atoms with Crippen LogP contribution in [-0.4, -0.2) is 31.1 Å². The number of hydrogen-bond donors (Lipinski definition) is 0. The summed E-state index contributed by atoms with van der Waals surface area (Å²) in [6.07, 6.45) is 2.84. The second-order valence-corrected chi connectivity index (χ2v) is 9.50. The van der Waals surface area contributed by atoms with Crippen LogP contribution in [0.25, 0.3) is 0 Å². The van der Waals surface area contributed by atoms with Crippen molar-refractivity contribution in [3.05, 3.63) is 0 Å². The second-order valence-electron chi connectivity index (χ2n) is 3.57. The fourth-order valence-corrected chi connectivity index (χ4v) is 2.58. The molecule has 0 rings (SSSR count). The molecule has 0 saturated carbocycles. The van der Waals surface area contributed by atoms with Gasteiger partial charge in [0.15, 0.2) is 0 Å². The van der Waals surface area contributed by atoms with E-state index < -0.39 is 13.5 Å². The molecule has 0 fully saturated rings. The first-order valence-electron chi connectivity index (χ1n) is 4.29. The molecule has 5 heteroatoms. The van der Waals surface area contributed by atoms with E-state index in [0.717, 1.165) is 6.42 Å². The third kappa shape index (κ3) is 9.27. The van der Waals surface area contributed by atoms with Gasteiger partial charge in [-0.15, -0.1) is 0 Å². The summed E-state index contributed by atoms with van der Waals surface area (Å²) < 4.78 is 6.91. The van der Waals surface area contributed by atoms with Crippen LogP contribution in [0, 0.1) is 5.41 Å². The van der Waals surface area contributed by atoms with Crippen molar-refractivity contribution in [2.45, 2.75) is 20.3 Å². The maximum absolute atomic E-state index is 5.76. The molecule has 0 aliphatic rings. The fraction of sp³-hybridized carbons (Fsp3) is 0.778. The van der Waals surface area contributed by atoms with Crippen LogP contribution in [0.15, 0.2) is 4.99 Å². The van der Waals surface area contributed by atoms with Crippen LogP contribution in [0.4, 0.5) is 0 Å². The quantitative estimate of drug-likeness (QED) is 0.418. The van der Waals surface area contributed by atoms with Crippen molar-refractivity contribution in [3.63, 3.8) is 0 Å². The Morgan fingerprint density at radius 2 is 2.07 bits per heavy atom. The van der Waals surface area contributed by atoms with Gasteiger partial charge in [-0.2, -0.15) is 0 Å². The van der Waals surface area contributed by atoms with Gasteiger partial charge in [-0.05, 0) is 0 Å². The molecule has 0 aromatic rings. The Balaban J connectivity index is 3.93. The number of nitrogens with zero attached hydrogens (tertiary/aromatic N) is 1. The predicted molar refractivity (Wildman–Crippen MR) is 61.4 cm³/mol. The maximum atomic E-state index is 5.76. The van der Waals surface area contributed by atoms with E-state index in [0.29, 0.717) is 13.2 Å². The van der Waals surface area contributed by atoms with E-state index in [1.165, 1.54) is 0 Å². The first kappa shape index (κ1) is 14.7. The van der Waals surface area contributed by atoms with Crippen LogP contribution in [-0.2, 0) is 18.3 Å². The summed E-state index contributed by atoms with van der Waals surface area (Å²) in [6.45, 7) is 5.61. The molecule has 0 amide bonds. The van der Waals surface area contributed by atoms with E-state index in [4.69, 9.17) is 24.1 Å². The Labute approximate surface area is 99.2 Å². The normalized spacial score (nSPS) is 13.4. The van der Waals surface area contributed by atoms with Gasteiger partial charge < -0.3 is 0 Å². The van der Waals surface area contributed by atoms with Crippen LogP contribution in [0.2, 0.25) is 0 Å². The van der Waals surface area contributed by atoms with E-state index in [1.807, 2.05) is 10.8 Å². The summed E-state index contributed by atoms with van der Waals surface area (Å²) in [5.74, 6) is 0. The number of methoxy groups -OCH3 is 1. The van der Waals surface area contributed by atoms with Crippen LogP contribution < -0.4 is 0 Å². The molecule has 14 heavy (non-hydrogen) atoms. The molecular formula is C9H17Cl2NORu. The monoisotopic (exact) mass is 327 g/mol. The zero-order valence-electron chi connectivity index (χ0n) is 8.74. The minimum atomic E-state index is -1.62. The topological polar surface area (TPSA) is 21.6 Å². The number of ether oxygens (including phenoxy) is 1. The van der Waals surface area contributed by atoms with Gasteiger partial charge in [-0.3, -0.25) is 0 Å². The summed E-state index contributed by atoms with van der Waals surface area (Å²) in [7, 11) is 13.2. The Morgan fingerprint density at radius 3 is 2.57 bits per heavy atom. The summed E-state index contributed by atoms with van der Waals surface area (Å²) in [5.41, 5.74) is 0.0455. The van der Waals surface area contributed by atoms with Crippen LogP contribution >= 0.6 is 19.4 Å². The molecule has 0 aromatic carbocycles. The zero-order chi connectivity index (χ0) is 11.0. The average Bonchev–Trinajstić information content (AvgIpc) is 2.10. The molecule has 0 heterocycles. The third-order valence-corrected chi connectivity index (χ3v) is 3.75. The zero-order valence-corrected chi connectivity index (χ0v) is 12.0. The minimum absolute atomic E-state index is 0.0455. The number of halogens is 2. The average molecular weight is 327 g/mol. The number of aliphatic imine (C=N–C) groups is 1. The summed E-state index contributed by atoms with van der Waals surface area (Å²) in [4.78, 5) is 4.27. The van der Waals surface area contributed by atoms with Crippen molar-refractivity contribution in [1.29, 1.82) is 0 Å². The van der Waals surface area contributed by atoms with Crippen molar-refractivity contribution in [2.24, 2.45) is 10.4 Å². The van der Waals surface area contributed by atoms with Crippen LogP contribution in [0.5, 0.6) is 0 Å². The second kappa shape index (κ2) is 7.93. The number of rotatable bonds is 6. The van der Waals surface area contributed by atoms with E-state index >= 15 is 0 Å². The van der Waals surface area contributed by atoms with Gasteiger partial charge in [0.05, 0.1) is 0 Å². The first-order chi connectivity index (χ1) is 6.48. The van der Waals surface area contributed by atoms with E-state index in [9.17, 15) is 0 Å². The summed E-state index contributed by atoms with van der Waals surface area (Å²) >= 11 is -1.62. The molecule has 0 saturated heterocycles. The van der Waals surface area contributed by atoms with Gasteiger partial charge in [0.2, 0.25) is 0 Å². The molecule has 0 radical (unpaired) electrons. The predicted octanol–water partition coefficient (Wildman–Crippen LogP) is 2.85. The van der Waals surface area contributed by atoms with E-state index in [1.54, 1.807) is 7.11 Å². The van der Waals surface area contributed by atoms with Gasteiger partial charge in [0.1, 0.15) is 0 Å². The Bertz CT molecular complexity index is 213. The van der Waals surface area contributed by atoms with Crippen molar-refractivity contribution < 1.29 is 18.3 Å². The molecule has 0 spiro atoms. The van der Waals surface area contributed by atoms with Crippen molar-refractivity contribution in [2.75, 3.05) is 20.3 Å². The molecule has 0 aliphatic carbocycles. The Kier molecular flexibility index (Phi) is 8.32. The molecule has 0 aromatic heterocycles. The van der Waals surface area contributed by atoms with Gasteiger partial charge in [0, 0.05) is 0 Å². The third-order valence-electron chi connectivity index (χ3n) is 1.57. The van der Waals surface area contributed by atoms with Crippen molar-refractivity contribution in [3.8, 4) is 0 Å². The van der Waals surface area contributed by atoms with E-state index in [-0.39, 0.29) is 5.41 Å². The van der Waals surface area contributed by atoms with Gasteiger partial charge in [-0.25, -0.2) is 0 Å². The molecule has 2 nitrogen and oxygen atoms in total.